The van der Waals surface area contributed by atoms with Crippen LogP contribution in [0.15, 0.2) is 0 Å². The van der Waals surface area contributed by atoms with Crippen molar-refractivity contribution in [3.05, 3.63) is 0 Å². The summed E-state index contributed by atoms with van der Waals surface area (Å²) in [5.74, 6) is 0. The Bertz CT molecular complexity index is 140. The first-order valence-electron chi connectivity index (χ1n) is 6.51. The lowest BCUT2D eigenvalue weighted by Gasteiger charge is -2.23. The quantitative estimate of drug-likeness (QED) is 0.596. The molecule has 2 heteroatoms. The highest BCUT2D eigenvalue weighted by Gasteiger charge is 2.05. The van der Waals surface area contributed by atoms with Crippen LogP contribution in [0.25, 0.3) is 0 Å². The van der Waals surface area contributed by atoms with Crippen molar-refractivity contribution >= 4 is 0 Å². The Morgan fingerprint density at radius 2 is 1.80 bits per heavy atom. The maximum Gasteiger partial charge on any atom is 0.00612 e. The molecule has 1 unspecified atom stereocenters. The third-order valence-corrected chi connectivity index (χ3v) is 3.08. The fourth-order valence-corrected chi connectivity index (χ4v) is 1.59. The van der Waals surface area contributed by atoms with E-state index in [1.165, 1.54) is 38.8 Å². The van der Waals surface area contributed by atoms with Gasteiger partial charge in [0.05, 0.1) is 0 Å². The molecule has 0 aliphatic heterocycles. The molecule has 0 spiro atoms. The monoisotopic (exact) mass is 216 g/mol. The summed E-state index contributed by atoms with van der Waals surface area (Å²) >= 11 is 0. The van der Waals surface area contributed by atoms with Crippen LogP contribution in [0.4, 0.5) is 0 Å². The van der Waals surface area contributed by atoms with Crippen molar-refractivity contribution in [1.29, 1.82) is 0 Å². The maximum atomic E-state index is 3.45. The van der Waals surface area contributed by atoms with Crippen LogP contribution >= 0.6 is 0 Å². The molecule has 0 aliphatic carbocycles. The van der Waals surface area contributed by atoms with E-state index in [2.05, 4.69) is 45.0 Å². The molecule has 0 aromatic rings. The normalized spacial score (nSPS) is 13.8. The van der Waals surface area contributed by atoms with Gasteiger partial charge in [0.2, 0.25) is 0 Å². The second-order valence-electron chi connectivity index (χ2n) is 4.91. The van der Waals surface area contributed by atoms with E-state index < -0.39 is 0 Å². The van der Waals surface area contributed by atoms with Crippen LogP contribution in [0.2, 0.25) is 0 Å². The Kier molecular flexibility index (Phi) is 9.12. The Hall–Kier alpha value is -0.0800. The summed E-state index contributed by atoms with van der Waals surface area (Å²) in [7, 11) is 2.24. The van der Waals surface area contributed by atoms with E-state index in [4.69, 9.17) is 0 Å². The largest absolute Gasteiger partial charge is 0.315 e. The molecule has 0 aromatic heterocycles. The van der Waals surface area contributed by atoms with Gasteiger partial charge in [-0.05, 0) is 46.3 Å². The van der Waals surface area contributed by atoms with Gasteiger partial charge in [-0.3, -0.25) is 0 Å². The first kappa shape index (κ1) is 14.9. The molecular weight excluding hydrogens is 184 g/mol. The highest BCUT2D eigenvalue weighted by Crippen LogP contribution is 2.03. The Morgan fingerprint density at radius 3 is 2.33 bits per heavy atom. The second-order valence-corrected chi connectivity index (χ2v) is 4.91. The first-order chi connectivity index (χ1) is 7.07. The average Bonchev–Trinajstić information content (AvgIpc) is 2.21. The topological polar surface area (TPSA) is 15.3 Å². The molecule has 1 atom stereocenters. The highest BCUT2D eigenvalue weighted by molar-refractivity contribution is 4.61. The number of nitrogens with one attached hydrogen (secondary N) is 1. The molecule has 0 heterocycles. The van der Waals surface area contributed by atoms with Crippen molar-refractivity contribution in [1.82, 2.24) is 10.2 Å². The summed E-state index contributed by atoms with van der Waals surface area (Å²) in [6.07, 6.45) is 5.25. The van der Waals surface area contributed by atoms with Crippen molar-refractivity contribution in [2.75, 3.05) is 20.1 Å². The molecule has 0 saturated carbocycles. The SMILES string of the molecule is CCC(C)N(C)CCCCCNC(C)C.[HH]. The van der Waals surface area contributed by atoms with Crippen LogP contribution in [-0.2, 0) is 0 Å². The standard InChI is InChI=1S/C13H30N2.H2/c1-6-13(4)15(5)11-9-7-8-10-14-12(2)3;/h12-14H,6-11H2,1-5H3;1H. The number of nitrogens with zero attached hydrogens (tertiary/aromatic N) is 1. The predicted molar refractivity (Wildman–Crippen MR) is 71.5 cm³/mol. The predicted octanol–water partition coefficient (Wildman–Crippen LogP) is 3.13. The van der Waals surface area contributed by atoms with Crippen molar-refractivity contribution in [3.63, 3.8) is 0 Å². The van der Waals surface area contributed by atoms with Crippen LogP contribution in [0.3, 0.4) is 0 Å². The van der Waals surface area contributed by atoms with E-state index in [0.717, 1.165) is 6.04 Å². The molecule has 0 saturated heterocycles. The van der Waals surface area contributed by atoms with Gasteiger partial charge in [0, 0.05) is 13.5 Å². The maximum absolute atomic E-state index is 3.45. The number of hydrogen-bond donors (Lipinski definition) is 1. The van der Waals surface area contributed by atoms with Crippen LogP contribution < -0.4 is 5.32 Å². The van der Waals surface area contributed by atoms with E-state index in [-0.39, 0.29) is 1.43 Å². The average molecular weight is 216 g/mol. The van der Waals surface area contributed by atoms with Gasteiger partial charge in [0.15, 0.2) is 0 Å². The summed E-state index contributed by atoms with van der Waals surface area (Å²) in [6.45, 7) is 11.4. The fraction of sp³-hybridized carbons (Fsp3) is 1.00. The molecule has 0 bridgehead atoms. The molecule has 0 aliphatic rings. The fourth-order valence-electron chi connectivity index (χ4n) is 1.59. The summed E-state index contributed by atoms with van der Waals surface area (Å²) in [5, 5.41) is 3.45. The van der Waals surface area contributed by atoms with Gasteiger partial charge in [-0.1, -0.05) is 27.2 Å². The van der Waals surface area contributed by atoms with E-state index in [1.54, 1.807) is 0 Å². The van der Waals surface area contributed by atoms with Gasteiger partial charge in [0.25, 0.3) is 0 Å². The van der Waals surface area contributed by atoms with E-state index in [9.17, 15) is 0 Å². The van der Waals surface area contributed by atoms with Crippen molar-refractivity contribution in [2.24, 2.45) is 0 Å². The third-order valence-electron chi connectivity index (χ3n) is 3.08. The van der Waals surface area contributed by atoms with Crippen LogP contribution in [0, 0.1) is 0 Å². The number of unbranched alkanes of at least 4 members (excludes halogenated alkanes) is 2. The Morgan fingerprint density at radius 1 is 1.13 bits per heavy atom. The summed E-state index contributed by atoms with van der Waals surface area (Å²) < 4.78 is 0. The van der Waals surface area contributed by atoms with E-state index in [0.29, 0.717) is 6.04 Å². The first-order valence-corrected chi connectivity index (χ1v) is 6.51. The molecular formula is C13H32N2. The molecule has 1 N–H and O–H groups in total. The number of hydrogen-bond acceptors (Lipinski definition) is 2. The Labute approximate surface area is 97.9 Å². The third kappa shape index (κ3) is 8.88. The smallest absolute Gasteiger partial charge is 0.00612 e. The minimum Gasteiger partial charge on any atom is -0.315 e. The number of rotatable bonds is 9. The minimum absolute atomic E-state index is 0. The van der Waals surface area contributed by atoms with Crippen molar-refractivity contribution in [3.8, 4) is 0 Å². The van der Waals surface area contributed by atoms with E-state index in [1.807, 2.05) is 0 Å². The van der Waals surface area contributed by atoms with Gasteiger partial charge in [-0.15, -0.1) is 0 Å². The van der Waals surface area contributed by atoms with Gasteiger partial charge in [0.1, 0.15) is 0 Å². The van der Waals surface area contributed by atoms with Crippen molar-refractivity contribution < 1.29 is 1.43 Å². The summed E-state index contributed by atoms with van der Waals surface area (Å²) in [6, 6.07) is 1.37. The minimum atomic E-state index is 0. The van der Waals surface area contributed by atoms with Gasteiger partial charge >= 0.3 is 0 Å². The van der Waals surface area contributed by atoms with Crippen LogP contribution in [0.1, 0.15) is 54.8 Å². The molecule has 0 fully saturated rings. The summed E-state index contributed by atoms with van der Waals surface area (Å²) in [5.41, 5.74) is 0. The Balaban J connectivity index is 0. The second kappa shape index (κ2) is 9.17. The molecule has 0 aromatic carbocycles. The zero-order chi connectivity index (χ0) is 11.7. The van der Waals surface area contributed by atoms with Crippen molar-refractivity contribution in [2.45, 2.75) is 65.5 Å². The molecule has 2 nitrogen and oxygen atoms in total. The molecule has 15 heavy (non-hydrogen) atoms. The zero-order valence-corrected chi connectivity index (χ0v) is 11.3. The molecule has 94 valence electrons. The van der Waals surface area contributed by atoms with Gasteiger partial charge in [-0.25, -0.2) is 0 Å². The van der Waals surface area contributed by atoms with Crippen LogP contribution in [0.5, 0.6) is 0 Å². The highest BCUT2D eigenvalue weighted by atomic mass is 15.1. The molecule has 0 rings (SSSR count). The van der Waals surface area contributed by atoms with E-state index >= 15 is 0 Å². The zero-order valence-electron chi connectivity index (χ0n) is 11.3. The van der Waals surface area contributed by atoms with Crippen LogP contribution in [-0.4, -0.2) is 37.1 Å². The van der Waals surface area contributed by atoms with Gasteiger partial charge < -0.3 is 10.2 Å². The lowest BCUT2D eigenvalue weighted by molar-refractivity contribution is 0.246. The summed E-state index contributed by atoms with van der Waals surface area (Å²) in [4.78, 5) is 2.47. The van der Waals surface area contributed by atoms with Gasteiger partial charge in [-0.2, -0.15) is 0 Å². The molecule has 0 amide bonds. The lowest BCUT2D eigenvalue weighted by atomic mass is 10.2. The lowest BCUT2D eigenvalue weighted by Crippen LogP contribution is -2.29. The molecule has 0 radical (unpaired) electrons.